The SMILES string of the molecule is C=C1c2ccccc2N=C(SC(C)C(=O)NC2CC2)N1C. The smallest absolute Gasteiger partial charge is 0.233 e. The summed E-state index contributed by atoms with van der Waals surface area (Å²) < 4.78 is 0. The summed E-state index contributed by atoms with van der Waals surface area (Å²) in [6.07, 6.45) is 2.21. The Bertz CT molecular complexity index is 622. The Kier molecular flexibility index (Phi) is 3.76. The number of thioether (sulfide) groups is 1. The monoisotopic (exact) mass is 301 g/mol. The van der Waals surface area contributed by atoms with Gasteiger partial charge in [0.25, 0.3) is 0 Å². The zero-order valence-corrected chi connectivity index (χ0v) is 13.1. The minimum Gasteiger partial charge on any atom is -0.352 e. The van der Waals surface area contributed by atoms with Crippen molar-refractivity contribution in [2.24, 2.45) is 4.99 Å². The summed E-state index contributed by atoms with van der Waals surface area (Å²) in [6, 6.07) is 8.33. The number of nitrogens with zero attached hydrogens (tertiary/aromatic N) is 2. The maximum atomic E-state index is 12.1. The summed E-state index contributed by atoms with van der Waals surface area (Å²) in [4.78, 5) is 18.7. The average Bonchev–Trinajstić information content (AvgIpc) is 3.28. The van der Waals surface area contributed by atoms with Gasteiger partial charge in [-0.15, -0.1) is 0 Å². The van der Waals surface area contributed by atoms with E-state index in [0.717, 1.165) is 35.0 Å². The van der Waals surface area contributed by atoms with E-state index in [0.29, 0.717) is 6.04 Å². The van der Waals surface area contributed by atoms with Crippen molar-refractivity contribution in [3.63, 3.8) is 0 Å². The van der Waals surface area contributed by atoms with E-state index < -0.39 is 0 Å². The molecular weight excluding hydrogens is 282 g/mol. The highest BCUT2D eigenvalue weighted by molar-refractivity contribution is 8.14. The molecule has 3 rings (SSSR count). The van der Waals surface area contributed by atoms with Crippen LogP contribution in [0.15, 0.2) is 35.8 Å². The Morgan fingerprint density at radius 1 is 1.48 bits per heavy atom. The van der Waals surface area contributed by atoms with E-state index >= 15 is 0 Å². The lowest BCUT2D eigenvalue weighted by molar-refractivity contribution is -0.120. The van der Waals surface area contributed by atoms with Gasteiger partial charge in [0, 0.05) is 24.4 Å². The molecule has 1 aliphatic heterocycles. The Balaban J connectivity index is 1.76. The van der Waals surface area contributed by atoms with Crippen molar-refractivity contribution in [1.29, 1.82) is 0 Å². The minimum atomic E-state index is -0.162. The first-order valence-electron chi connectivity index (χ1n) is 7.14. The minimum absolute atomic E-state index is 0.0862. The molecule has 1 unspecified atom stereocenters. The molecule has 4 nitrogen and oxygen atoms in total. The molecule has 0 radical (unpaired) electrons. The fourth-order valence-electron chi connectivity index (χ4n) is 2.15. The van der Waals surface area contributed by atoms with Crippen molar-refractivity contribution < 1.29 is 4.79 Å². The molecular formula is C16H19N3OS. The normalized spacial score (nSPS) is 18.9. The van der Waals surface area contributed by atoms with Crippen molar-refractivity contribution >= 4 is 34.2 Å². The van der Waals surface area contributed by atoms with Crippen LogP contribution in [-0.4, -0.2) is 34.3 Å². The van der Waals surface area contributed by atoms with Crippen LogP contribution in [0.5, 0.6) is 0 Å². The molecule has 0 bridgehead atoms. The van der Waals surface area contributed by atoms with Crippen molar-refractivity contribution in [3.05, 3.63) is 36.4 Å². The van der Waals surface area contributed by atoms with Gasteiger partial charge in [-0.1, -0.05) is 36.5 Å². The summed E-state index contributed by atoms with van der Waals surface area (Å²) >= 11 is 1.48. The van der Waals surface area contributed by atoms with Gasteiger partial charge in [-0.25, -0.2) is 4.99 Å². The zero-order chi connectivity index (χ0) is 15.0. The molecule has 1 saturated carbocycles. The number of hydrogen-bond acceptors (Lipinski definition) is 4. The van der Waals surface area contributed by atoms with Gasteiger partial charge in [0.2, 0.25) is 5.91 Å². The van der Waals surface area contributed by atoms with E-state index in [1.807, 2.05) is 43.1 Å². The van der Waals surface area contributed by atoms with Gasteiger partial charge in [-0.3, -0.25) is 4.79 Å². The van der Waals surface area contributed by atoms with Crippen molar-refractivity contribution in [2.45, 2.75) is 31.1 Å². The molecule has 1 amide bonds. The first kappa shape index (κ1) is 14.2. The number of rotatable bonds is 3. The van der Waals surface area contributed by atoms with Crippen LogP contribution in [0.3, 0.4) is 0 Å². The summed E-state index contributed by atoms with van der Waals surface area (Å²) in [5.41, 5.74) is 2.87. The fourth-order valence-corrected chi connectivity index (χ4v) is 3.06. The highest BCUT2D eigenvalue weighted by Gasteiger charge is 2.28. The molecule has 0 spiro atoms. The largest absolute Gasteiger partial charge is 0.352 e. The molecule has 1 fully saturated rings. The Labute approximate surface area is 129 Å². The molecule has 2 aliphatic rings. The van der Waals surface area contributed by atoms with Crippen LogP contribution >= 0.6 is 11.8 Å². The lowest BCUT2D eigenvalue weighted by Crippen LogP contribution is -2.35. The topological polar surface area (TPSA) is 44.7 Å². The van der Waals surface area contributed by atoms with E-state index in [9.17, 15) is 4.79 Å². The van der Waals surface area contributed by atoms with Gasteiger partial charge in [0.15, 0.2) is 5.17 Å². The number of carbonyl (C=O) groups is 1. The second-order valence-electron chi connectivity index (χ2n) is 5.46. The third-order valence-electron chi connectivity index (χ3n) is 3.70. The third kappa shape index (κ3) is 2.97. The number of aliphatic imine (C=N–C) groups is 1. The maximum absolute atomic E-state index is 12.1. The number of para-hydroxylation sites is 1. The van der Waals surface area contributed by atoms with Gasteiger partial charge in [0.05, 0.1) is 10.9 Å². The zero-order valence-electron chi connectivity index (χ0n) is 12.3. The van der Waals surface area contributed by atoms with Gasteiger partial charge >= 0.3 is 0 Å². The summed E-state index contributed by atoms with van der Waals surface area (Å²) in [5.74, 6) is 0.0862. The highest BCUT2D eigenvalue weighted by Crippen LogP contribution is 2.35. The number of benzene rings is 1. The van der Waals surface area contributed by atoms with E-state index in [2.05, 4.69) is 16.9 Å². The molecule has 1 aliphatic carbocycles. The number of hydrogen-bond donors (Lipinski definition) is 1. The number of fused-ring (bicyclic) bond motifs is 1. The summed E-state index contributed by atoms with van der Waals surface area (Å²) in [5, 5.41) is 3.69. The lowest BCUT2D eigenvalue weighted by atomic mass is 10.1. The number of nitrogens with one attached hydrogen (secondary N) is 1. The number of amides is 1. The van der Waals surface area contributed by atoms with E-state index in [1.54, 1.807) is 0 Å². The molecule has 1 aromatic rings. The molecule has 0 aromatic heterocycles. The molecule has 1 aromatic carbocycles. The lowest BCUT2D eigenvalue weighted by Gasteiger charge is -2.29. The molecule has 1 N–H and O–H groups in total. The second kappa shape index (κ2) is 5.56. The van der Waals surface area contributed by atoms with E-state index in [-0.39, 0.29) is 11.2 Å². The van der Waals surface area contributed by atoms with Crippen molar-refractivity contribution in [3.8, 4) is 0 Å². The van der Waals surface area contributed by atoms with Crippen LogP contribution in [0.25, 0.3) is 5.70 Å². The van der Waals surface area contributed by atoms with Gasteiger partial charge in [0.1, 0.15) is 0 Å². The maximum Gasteiger partial charge on any atom is 0.233 e. The van der Waals surface area contributed by atoms with Crippen molar-refractivity contribution in [2.75, 3.05) is 7.05 Å². The number of carbonyl (C=O) groups excluding carboxylic acids is 1. The van der Waals surface area contributed by atoms with Gasteiger partial charge < -0.3 is 10.2 Å². The fraction of sp³-hybridized carbons (Fsp3) is 0.375. The van der Waals surface area contributed by atoms with Crippen LogP contribution < -0.4 is 5.32 Å². The Morgan fingerprint density at radius 2 is 2.19 bits per heavy atom. The molecule has 21 heavy (non-hydrogen) atoms. The van der Waals surface area contributed by atoms with Crippen LogP contribution in [0.2, 0.25) is 0 Å². The molecule has 5 heteroatoms. The first-order chi connectivity index (χ1) is 10.1. The summed E-state index contributed by atoms with van der Waals surface area (Å²) in [6.45, 7) is 6.05. The van der Waals surface area contributed by atoms with E-state index in [1.165, 1.54) is 11.8 Å². The first-order valence-corrected chi connectivity index (χ1v) is 8.02. The molecule has 1 atom stereocenters. The van der Waals surface area contributed by atoms with Crippen LogP contribution in [-0.2, 0) is 4.79 Å². The van der Waals surface area contributed by atoms with Crippen LogP contribution in [0.1, 0.15) is 25.3 Å². The highest BCUT2D eigenvalue weighted by atomic mass is 32.2. The van der Waals surface area contributed by atoms with Crippen LogP contribution in [0.4, 0.5) is 5.69 Å². The molecule has 110 valence electrons. The predicted molar refractivity (Wildman–Crippen MR) is 88.6 cm³/mol. The standard InChI is InChI=1S/C16H19N3OS/c1-10-13-6-4-5-7-14(13)18-16(19(10)3)21-11(2)15(20)17-12-8-9-12/h4-7,11-12H,1,8-9H2,2-3H3,(H,17,20). The van der Waals surface area contributed by atoms with Crippen LogP contribution in [0, 0.1) is 0 Å². The van der Waals surface area contributed by atoms with E-state index in [4.69, 9.17) is 0 Å². The van der Waals surface area contributed by atoms with Gasteiger partial charge in [-0.05, 0) is 25.8 Å². The van der Waals surface area contributed by atoms with Crippen molar-refractivity contribution in [1.82, 2.24) is 10.2 Å². The Hall–Kier alpha value is -1.75. The van der Waals surface area contributed by atoms with Gasteiger partial charge in [-0.2, -0.15) is 0 Å². The average molecular weight is 301 g/mol. The molecule has 0 saturated heterocycles. The second-order valence-corrected chi connectivity index (χ2v) is 6.77. The number of amidine groups is 1. The third-order valence-corrected chi connectivity index (χ3v) is 4.84. The quantitative estimate of drug-likeness (QED) is 0.933. The predicted octanol–water partition coefficient (Wildman–Crippen LogP) is 2.99. The Morgan fingerprint density at radius 3 is 2.90 bits per heavy atom. The summed E-state index contributed by atoms with van der Waals surface area (Å²) in [7, 11) is 1.94. The molecule has 1 heterocycles.